The van der Waals surface area contributed by atoms with Crippen molar-refractivity contribution in [1.82, 2.24) is 0 Å². The van der Waals surface area contributed by atoms with Gasteiger partial charge in [0.15, 0.2) is 0 Å². The predicted molar refractivity (Wildman–Crippen MR) is 43.4 cm³/mol. The second-order valence-electron chi connectivity index (χ2n) is 2.19. The van der Waals surface area contributed by atoms with Crippen LogP contribution in [0.4, 0.5) is 0 Å². The minimum atomic E-state index is 0.781. The number of alkyl halides is 1. The zero-order valence-electron chi connectivity index (χ0n) is 4.66. The molecule has 8 heavy (non-hydrogen) atoms. The molecule has 1 radical (unpaired) electrons. The zero-order valence-corrected chi connectivity index (χ0v) is 7.83. The van der Waals surface area contributed by atoms with Gasteiger partial charge in [-0.1, -0.05) is 31.9 Å². The maximum absolute atomic E-state index is 3.58. The summed E-state index contributed by atoms with van der Waals surface area (Å²) in [6.07, 6.45) is 5.13. The first-order chi connectivity index (χ1) is 3.79. The van der Waals surface area contributed by atoms with Crippen molar-refractivity contribution in [3.05, 3.63) is 4.83 Å². The van der Waals surface area contributed by atoms with E-state index in [0.717, 1.165) is 4.83 Å². The van der Waals surface area contributed by atoms with Crippen LogP contribution in [0, 0.1) is 4.83 Å². The lowest BCUT2D eigenvalue weighted by Gasteiger charge is -2.19. The molecule has 1 rings (SSSR count). The molecule has 2 heteroatoms. The van der Waals surface area contributed by atoms with Gasteiger partial charge in [0.25, 0.3) is 0 Å². The van der Waals surface area contributed by atoms with Crippen LogP contribution in [0.25, 0.3) is 0 Å². The zero-order chi connectivity index (χ0) is 5.98. The highest BCUT2D eigenvalue weighted by molar-refractivity contribution is 9.11. The molecule has 1 aliphatic rings. The van der Waals surface area contributed by atoms with Gasteiger partial charge < -0.3 is 0 Å². The van der Waals surface area contributed by atoms with E-state index in [4.69, 9.17) is 0 Å². The fourth-order valence-corrected chi connectivity index (χ4v) is 1.81. The molecule has 0 amide bonds. The minimum absolute atomic E-state index is 0.781. The van der Waals surface area contributed by atoms with Crippen molar-refractivity contribution in [2.75, 3.05) is 0 Å². The van der Waals surface area contributed by atoms with Crippen molar-refractivity contribution in [2.24, 2.45) is 0 Å². The highest BCUT2D eigenvalue weighted by Crippen LogP contribution is 2.33. The molecule has 0 unspecified atom stereocenters. The van der Waals surface area contributed by atoms with Crippen molar-refractivity contribution in [1.29, 1.82) is 0 Å². The van der Waals surface area contributed by atoms with Crippen molar-refractivity contribution >= 4 is 31.9 Å². The molecule has 0 saturated heterocycles. The van der Waals surface area contributed by atoms with E-state index in [1.54, 1.807) is 0 Å². The maximum atomic E-state index is 3.58. The highest BCUT2D eigenvalue weighted by Gasteiger charge is 2.16. The molecule has 0 atom stereocenters. The lowest BCUT2D eigenvalue weighted by molar-refractivity contribution is 0.604. The number of halogens is 2. The van der Waals surface area contributed by atoms with Crippen LogP contribution in [-0.4, -0.2) is 4.83 Å². The van der Waals surface area contributed by atoms with Crippen LogP contribution in [-0.2, 0) is 0 Å². The Morgan fingerprint density at radius 3 is 2.12 bits per heavy atom. The molecule has 0 N–H and O–H groups in total. The largest absolute Gasteiger partial charge is 0.0891 e. The summed E-state index contributed by atoms with van der Waals surface area (Å²) in [5, 5.41) is 0. The summed E-state index contributed by atoms with van der Waals surface area (Å²) in [6, 6.07) is 0. The fraction of sp³-hybridized carbons (Fsp3) is 0.833. The van der Waals surface area contributed by atoms with E-state index in [9.17, 15) is 0 Å². The quantitative estimate of drug-likeness (QED) is 0.571. The Labute approximate surface area is 67.3 Å². The van der Waals surface area contributed by atoms with Crippen LogP contribution in [0.15, 0.2) is 0 Å². The Hall–Kier alpha value is 0.960. The number of hydrogen-bond acceptors (Lipinski definition) is 0. The van der Waals surface area contributed by atoms with Gasteiger partial charge in [-0.3, -0.25) is 0 Å². The van der Waals surface area contributed by atoms with Crippen molar-refractivity contribution < 1.29 is 0 Å². The van der Waals surface area contributed by atoms with Crippen LogP contribution in [0.5, 0.6) is 0 Å². The average molecular weight is 241 g/mol. The van der Waals surface area contributed by atoms with E-state index in [2.05, 4.69) is 31.9 Å². The first kappa shape index (κ1) is 7.07. The van der Waals surface area contributed by atoms with Crippen LogP contribution >= 0.6 is 31.9 Å². The predicted octanol–water partition coefficient (Wildman–Crippen LogP) is 3.25. The van der Waals surface area contributed by atoms with E-state index in [1.807, 2.05) is 0 Å². The second-order valence-corrected chi connectivity index (χ2v) is 4.61. The lowest BCUT2D eigenvalue weighted by atomic mass is 10.0. The van der Waals surface area contributed by atoms with Crippen molar-refractivity contribution in [2.45, 2.75) is 30.5 Å². The van der Waals surface area contributed by atoms with E-state index in [-0.39, 0.29) is 0 Å². The van der Waals surface area contributed by atoms with Crippen LogP contribution in [0.3, 0.4) is 0 Å². The molecule has 1 aliphatic carbocycles. The molecular formula is C6H9Br2. The van der Waals surface area contributed by atoms with Gasteiger partial charge in [0, 0.05) is 9.65 Å². The first-order valence-electron chi connectivity index (χ1n) is 2.93. The molecular weight excluding hydrogens is 232 g/mol. The van der Waals surface area contributed by atoms with Crippen molar-refractivity contribution in [3.8, 4) is 0 Å². The molecule has 0 heterocycles. The third-order valence-corrected chi connectivity index (χ3v) is 3.17. The molecule has 0 nitrogen and oxygen atoms in total. The van der Waals surface area contributed by atoms with Gasteiger partial charge in [-0.2, -0.15) is 0 Å². The molecule has 0 aromatic heterocycles. The molecule has 0 aliphatic heterocycles. The molecule has 0 bridgehead atoms. The number of hydrogen-bond donors (Lipinski definition) is 0. The lowest BCUT2D eigenvalue weighted by Crippen LogP contribution is -2.07. The van der Waals surface area contributed by atoms with E-state index >= 15 is 0 Å². The topological polar surface area (TPSA) is 0 Å². The summed E-state index contributed by atoms with van der Waals surface area (Å²) in [5.74, 6) is 0. The minimum Gasteiger partial charge on any atom is -0.0891 e. The van der Waals surface area contributed by atoms with Crippen LogP contribution in [0.1, 0.15) is 25.7 Å². The Morgan fingerprint density at radius 1 is 1.25 bits per heavy atom. The van der Waals surface area contributed by atoms with Gasteiger partial charge in [-0.15, -0.1) is 0 Å². The van der Waals surface area contributed by atoms with E-state index in [0.29, 0.717) is 0 Å². The van der Waals surface area contributed by atoms with Gasteiger partial charge in [-0.05, 0) is 25.7 Å². The molecule has 0 spiro atoms. The van der Waals surface area contributed by atoms with Crippen LogP contribution < -0.4 is 0 Å². The summed E-state index contributed by atoms with van der Waals surface area (Å²) in [6.45, 7) is 0. The molecule has 47 valence electrons. The second kappa shape index (κ2) is 3.21. The maximum Gasteiger partial charge on any atom is 0.0411 e. The standard InChI is InChI=1S/C6H9Br2/c7-5-1-2-6(8)4-3-5/h5H,1-4H2. The highest BCUT2D eigenvalue weighted by atomic mass is 79.9. The van der Waals surface area contributed by atoms with Crippen LogP contribution in [0.2, 0.25) is 0 Å². The molecule has 1 saturated carbocycles. The van der Waals surface area contributed by atoms with Gasteiger partial charge in [0.05, 0.1) is 0 Å². The van der Waals surface area contributed by atoms with Gasteiger partial charge in [0.1, 0.15) is 0 Å². The third-order valence-electron chi connectivity index (χ3n) is 1.46. The Kier molecular flexibility index (Phi) is 2.84. The summed E-state index contributed by atoms with van der Waals surface area (Å²) in [4.78, 5) is 2.28. The SMILES string of the molecule is Br[C]1CCC(Br)CC1. The average Bonchev–Trinajstić information content (AvgIpc) is 1.77. The Morgan fingerprint density at radius 2 is 1.75 bits per heavy atom. The smallest absolute Gasteiger partial charge is 0.0411 e. The van der Waals surface area contributed by atoms with Gasteiger partial charge in [0.2, 0.25) is 0 Å². The monoisotopic (exact) mass is 239 g/mol. The summed E-state index contributed by atoms with van der Waals surface area (Å²) in [5.41, 5.74) is 0. The van der Waals surface area contributed by atoms with Gasteiger partial charge >= 0.3 is 0 Å². The first-order valence-corrected chi connectivity index (χ1v) is 4.64. The molecule has 0 aromatic rings. The number of rotatable bonds is 0. The van der Waals surface area contributed by atoms with Gasteiger partial charge in [-0.25, -0.2) is 0 Å². The molecule has 1 fully saturated rings. The normalized spacial score (nSPS) is 26.2. The third kappa shape index (κ3) is 2.06. The fourth-order valence-electron chi connectivity index (χ4n) is 0.896. The molecule has 0 aromatic carbocycles. The summed E-state index contributed by atoms with van der Waals surface area (Å²) < 4.78 is 0. The summed E-state index contributed by atoms with van der Waals surface area (Å²) in [7, 11) is 0. The Bertz CT molecular complexity index is 54.9. The van der Waals surface area contributed by atoms with E-state index in [1.165, 1.54) is 30.5 Å². The van der Waals surface area contributed by atoms with Crippen molar-refractivity contribution in [3.63, 3.8) is 0 Å². The van der Waals surface area contributed by atoms with E-state index < -0.39 is 0 Å². The Balaban J connectivity index is 2.19. The summed E-state index contributed by atoms with van der Waals surface area (Å²) >= 11 is 7.09.